The van der Waals surface area contributed by atoms with Crippen molar-refractivity contribution < 1.29 is 22.8 Å². The predicted octanol–water partition coefficient (Wildman–Crippen LogP) is 3.50. The minimum Gasteiger partial charge on any atom is -0.354 e. The van der Waals surface area contributed by atoms with Crippen molar-refractivity contribution in [3.05, 3.63) is 23.8 Å². The standard InChI is InChI=1S/C19H24F3N3O2S/c1-2-13(25-7-3-4-8-25)11-23-17(26)10-16-18(27)24-14-9-12(19(20,21)22)5-6-15(14)28-16/h5-6,9,13,16H,2-4,7-8,10-11H2,1H3,(H,23,26)(H,24,27). The normalized spacial score (nSPS) is 21.1. The van der Waals surface area contributed by atoms with Gasteiger partial charge >= 0.3 is 6.18 Å². The minimum atomic E-state index is -4.47. The number of hydrogen-bond donors (Lipinski definition) is 2. The smallest absolute Gasteiger partial charge is 0.354 e. The molecule has 1 aromatic rings. The molecule has 3 rings (SSSR count). The summed E-state index contributed by atoms with van der Waals surface area (Å²) >= 11 is 1.13. The van der Waals surface area contributed by atoms with E-state index in [1.54, 1.807) is 0 Å². The van der Waals surface area contributed by atoms with E-state index in [4.69, 9.17) is 0 Å². The third kappa shape index (κ3) is 5.00. The zero-order valence-electron chi connectivity index (χ0n) is 15.6. The summed E-state index contributed by atoms with van der Waals surface area (Å²) < 4.78 is 38.5. The van der Waals surface area contributed by atoms with Crippen LogP contribution in [0, 0.1) is 0 Å². The van der Waals surface area contributed by atoms with Crippen LogP contribution in [0.5, 0.6) is 0 Å². The number of carbonyl (C=O) groups is 2. The van der Waals surface area contributed by atoms with E-state index in [-0.39, 0.29) is 18.0 Å². The number of nitrogens with zero attached hydrogens (tertiary/aromatic N) is 1. The first-order valence-corrected chi connectivity index (χ1v) is 10.4. The van der Waals surface area contributed by atoms with Gasteiger partial charge in [-0.25, -0.2) is 0 Å². The van der Waals surface area contributed by atoms with Crippen LogP contribution in [-0.2, 0) is 15.8 Å². The van der Waals surface area contributed by atoms with E-state index >= 15 is 0 Å². The predicted molar refractivity (Wildman–Crippen MR) is 102 cm³/mol. The summed E-state index contributed by atoms with van der Waals surface area (Å²) in [4.78, 5) is 27.5. The molecule has 1 fully saturated rings. The zero-order chi connectivity index (χ0) is 20.3. The topological polar surface area (TPSA) is 61.4 Å². The van der Waals surface area contributed by atoms with Crippen LogP contribution in [0.1, 0.15) is 38.2 Å². The molecule has 0 spiro atoms. The maximum Gasteiger partial charge on any atom is 0.416 e. The van der Waals surface area contributed by atoms with Crippen molar-refractivity contribution in [1.82, 2.24) is 10.2 Å². The Hall–Kier alpha value is -1.74. The van der Waals surface area contributed by atoms with Crippen LogP contribution in [0.4, 0.5) is 18.9 Å². The highest BCUT2D eigenvalue weighted by atomic mass is 32.2. The molecule has 2 heterocycles. The van der Waals surface area contributed by atoms with E-state index in [1.165, 1.54) is 18.9 Å². The zero-order valence-corrected chi connectivity index (χ0v) is 16.5. The number of benzene rings is 1. The second-order valence-corrected chi connectivity index (χ2v) is 8.36. The molecule has 9 heteroatoms. The molecule has 5 nitrogen and oxygen atoms in total. The van der Waals surface area contributed by atoms with Crippen molar-refractivity contribution in [1.29, 1.82) is 0 Å². The Morgan fingerprint density at radius 1 is 1.36 bits per heavy atom. The van der Waals surface area contributed by atoms with Crippen LogP contribution in [-0.4, -0.2) is 47.6 Å². The summed E-state index contributed by atoms with van der Waals surface area (Å²) in [6.45, 7) is 4.73. The van der Waals surface area contributed by atoms with Gasteiger partial charge in [0.15, 0.2) is 0 Å². The molecule has 2 atom stereocenters. The molecule has 2 amide bonds. The van der Waals surface area contributed by atoms with Gasteiger partial charge in [0.1, 0.15) is 0 Å². The molecule has 0 aromatic heterocycles. The summed E-state index contributed by atoms with van der Waals surface area (Å²) in [6.07, 6.45) is -1.18. The molecule has 154 valence electrons. The Balaban J connectivity index is 1.56. The van der Waals surface area contributed by atoms with Crippen molar-refractivity contribution in [3.63, 3.8) is 0 Å². The first-order valence-electron chi connectivity index (χ1n) is 9.47. The first kappa shape index (κ1) is 21.0. The second kappa shape index (κ2) is 8.73. The molecular formula is C19H24F3N3O2S. The number of anilines is 1. The number of halogens is 3. The molecule has 2 aliphatic heterocycles. The lowest BCUT2D eigenvalue weighted by Crippen LogP contribution is -2.43. The lowest BCUT2D eigenvalue weighted by Gasteiger charge is -2.27. The van der Waals surface area contributed by atoms with E-state index in [9.17, 15) is 22.8 Å². The monoisotopic (exact) mass is 415 g/mol. The molecule has 0 aliphatic carbocycles. The number of rotatable bonds is 6. The summed E-state index contributed by atoms with van der Waals surface area (Å²) in [6, 6.07) is 3.55. The molecule has 2 unspecified atom stereocenters. The van der Waals surface area contributed by atoms with Gasteiger partial charge in [-0.2, -0.15) is 13.2 Å². The van der Waals surface area contributed by atoms with Crippen LogP contribution in [0.25, 0.3) is 0 Å². The van der Waals surface area contributed by atoms with Crippen molar-refractivity contribution >= 4 is 29.3 Å². The highest BCUT2D eigenvalue weighted by molar-refractivity contribution is 8.01. The Morgan fingerprint density at radius 3 is 2.71 bits per heavy atom. The van der Waals surface area contributed by atoms with Crippen molar-refractivity contribution in [3.8, 4) is 0 Å². The lowest BCUT2D eigenvalue weighted by atomic mass is 10.1. The highest BCUT2D eigenvalue weighted by Gasteiger charge is 2.34. The van der Waals surface area contributed by atoms with Gasteiger partial charge in [-0.3, -0.25) is 14.5 Å². The molecular weight excluding hydrogens is 391 g/mol. The number of thioether (sulfide) groups is 1. The number of hydrogen-bond acceptors (Lipinski definition) is 4. The Morgan fingerprint density at radius 2 is 2.07 bits per heavy atom. The van der Waals surface area contributed by atoms with Gasteiger partial charge in [0.2, 0.25) is 11.8 Å². The fourth-order valence-electron chi connectivity index (χ4n) is 3.57. The van der Waals surface area contributed by atoms with E-state index < -0.39 is 22.9 Å². The second-order valence-electron chi connectivity index (χ2n) is 7.12. The van der Waals surface area contributed by atoms with E-state index in [0.29, 0.717) is 17.5 Å². The van der Waals surface area contributed by atoms with Crippen LogP contribution < -0.4 is 10.6 Å². The van der Waals surface area contributed by atoms with Crippen LogP contribution in [0.3, 0.4) is 0 Å². The van der Waals surface area contributed by atoms with Gasteiger partial charge in [-0.05, 0) is 50.6 Å². The first-order chi connectivity index (χ1) is 13.3. The average molecular weight is 415 g/mol. The molecule has 28 heavy (non-hydrogen) atoms. The quantitative estimate of drug-likeness (QED) is 0.747. The maximum atomic E-state index is 12.8. The highest BCUT2D eigenvalue weighted by Crippen LogP contribution is 2.40. The molecule has 0 radical (unpaired) electrons. The molecule has 2 aliphatic rings. The van der Waals surface area contributed by atoms with Gasteiger partial charge in [0, 0.05) is 23.9 Å². The fraction of sp³-hybridized carbons (Fsp3) is 0.579. The van der Waals surface area contributed by atoms with Crippen molar-refractivity contribution in [2.24, 2.45) is 0 Å². The van der Waals surface area contributed by atoms with Gasteiger partial charge in [0.25, 0.3) is 0 Å². The number of amides is 2. The number of fused-ring (bicyclic) bond motifs is 1. The Bertz CT molecular complexity index is 736. The van der Waals surface area contributed by atoms with Crippen LogP contribution in [0.2, 0.25) is 0 Å². The summed E-state index contributed by atoms with van der Waals surface area (Å²) in [7, 11) is 0. The summed E-state index contributed by atoms with van der Waals surface area (Å²) in [5, 5.41) is 4.75. The maximum absolute atomic E-state index is 12.8. The van der Waals surface area contributed by atoms with E-state index in [1.807, 2.05) is 0 Å². The van der Waals surface area contributed by atoms with Crippen molar-refractivity contribution in [2.75, 3.05) is 25.0 Å². The van der Waals surface area contributed by atoms with Gasteiger partial charge < -0.3 is 10.6 Å². The number of carbonyl (C=O) groups excluding carboxylic acids is 2. The van der Waals surface area contributed by atoms with Gasteiger partial charge in [0.05, 0.1) is 16.5 Å². The number of nitrogens with one attached hydrogen (secondary N) is 2. The Labute approximate surface area is 166 Å². The molecule has 1 saturated heterocycles. The fourth-order valence-corrected chi connectivity index (χ4v) is 4.66. The number of alkyl halides is 3. The lowest BCUT2D eigenvalue weighted by molar-refractivity contribution is -0.137. The largest absolute Gasteiger partial charge is 0.416 e. The molecule has 0 bridgehead atoms. The van der Waals surface area contributed by atoms with Crippen molar-refractivity contribution in [2.45, 2.75) is 55.0 Å². The third-order valence-electron chi connectivity index (χ3n) is 5.16. The molecule has 0 saturated carbocycles. The van der Waals surface area contributed by atoms with Gasteiger partial charge in [-0.15, -0.1) is 11.8 Å². The molecule has 1 aromatic carbocycles. The number of likely N-dealkylation sites (tertiary alicyclic amines) is 1. The minimum absolute atomic E-state index is 0.00655. The molecule has 2 N–H and O–H groups in total. The Kier molecular flexibility index (Phi) is 6.54. The van der Waals surface area contributed by atoms with E-state index in [0.717, 1.165) is 43.4 Å². The van der Waals surface area contributed by atoms with E-state index in [2.05, 4.69) is 22.5 Å². The SMILES string of the molecule is CCC(CNC(=O)CC1Sc2ccc(C(F)(F)F)cc2NC1=O)N1CCCC1. The third-order valence-corrected chi connectivity index (χ3v) is 6.44. The summed E-state index contributed by atoms with van der Waals surface area (Å²) in [5.74, 6) is -0.667. The van der Waals surface area contributed by atoms with Crippen LogP contribution >= 0.6 is 11.8 Å². The van der Waals surface area contributed by atoms with Crippen LogP contribution in [0.15, 0.2) is 23.1 Å². The average Bonchev–Trinajstić information content (AvgIpc) is 3.16. The summed E-state index contributed by atoms with van der Waals surface area (Å²) in [5.41, 5.74) is -0.669. The van der Waals surface area contributed by atoms with Gasteiger partial charge in [-0.1, -0.05) is 6.92 Å².